The molecular formula is C9H10N2O4. The number of Topliss-reactive ketones (excluding diaryl/α,β-unsaturated/α-hetero) is 1. The van der Waals surface area contributed by atoms with Crippen LogP contribution in [0.3, 0.4) is 0 Å². The minimum absolute atomic E-state index is 0.191. The van der Waals surface area contributed by atoms with Crippen molar-refractivity contribution in [2.45, 2.75) is 26.9 Å². The highest BCUT2D eigenvalue weighted by atomic mass is 16.7. The van der Waals surface area contributed by atoms with Gasteiger partial charge in [-0.25, -0.2) is 4.98 Å². The summed E-state index contributed by atoms with van der Waals surface area (Å²) in [5.41, 5.74) is 0.728. The van der Waals surface area contributed by atoms with Crippen LogP contribution in [0, 0.1) is 0 Å². The Balaban J connectivity index is 2.34. The third-order valence-electron chi connectivity index (χ3n) is 2.04. The zero-order chi connectivity index (χ0) is 11.0. The normalized spacial score (nSPS) is 18.7. The molecule has 1 aliphatic heterocycles. The second-order valence-electron chi connectivity index (χ2n) is 3.23. The predicted molar refractivity (Wildman–Crippen MR) is 47.8 cm³/mol. The molecule has 0 aromatic carbocycles. The minimum Gasteiger partial charge on any atom is -0.416 e. The molecule has 1 aromatic rings. The molecule has 0 saturated carbocycles. The van der Waals surface area contributed by atoms with Crippen molar-refractivity contribution in [1.29, 1.82) is 0 Å². The van der Waals surface area contributed by atoms with Crippen molar-refractivity contribution in [3.05, 3.63) is 17.7 Å². The Morgan fingerprint density at radius 1 is 1.60 bits per heavy atom. The lowest BCUT2D eigenvalue weighted by Crippen LogP contribution is -2.17. The Hall–Kier alpha value is -1.69. The van der Waals surface area contributed by atoms with E-state index in [4.69, 9.17) is 9.47 Å². The van der Waals surface area contributed by atoms with Crippen LogP contribution in [0.25, 0.3) is 0 Å². The van der Waals surface area contributed by atoms with Gasteiger partial charge in [0.25, 0.3) is 6.41 Å². The van der Waals surface area contributed by atoms with Crippen LogP contribution >= 0.6 is 0 Å². The number of esters is 1. The van der Waals surface area contributed by atoms with Crippen molar-refractivity contribution in [2.24, 2.45) is 0 Å². The van der Waals surface area contributed by atoms with E-state index in [0.29, 0.717) is 0 Å². The molecule has 1 aliphatic rings. The molecule has 0 bridgehead atoms. The van der Waals surface area contributed by atoms with Gasteiger partial charge in [-0.2, -0.15) is 0 Å². The van der Waals surface area contributed by atoms with E-state index in [2.05, 4.69) is 4.98 Å². The molecule has 80 valence electrons. The van der Waals surface area contributed by atoms with Gasteiger partial charge in [0.2, 0.25) is 0 Å². The summed E-state index contributed by atoms with van der Waals surface area (Å²) in [6.07, 6.45) is 0.680. The van der Waals surface area contributed by atoms with E-state index in [0.717, 1.165) is 5.69 Å². The summed E-state index contributed by atoms with van der Waals surface area (Å²) in [7, 11) is 0. The quantitative estimate of drug-likeness (QED) is 0.529. The number of hydrogen-bond acceptors (Lipinski definition) is 5. The summed E-state index contributed by atoms with van der Waals surface area (Å²) >= 11 is 0. The molecule has 15 heavy (non-hydrogen) atoms. The van der Waals surface area contributed by atoms with Crippen LogP contribution in [0.5, 0.6) is 0 Å². The Morgan fingerprint density at radius 3 is 2.93 bits per heavy atom. The molecule has 1 aromatic heterocycles. The number of hydrogen-bond donors (Lipinski definition) is 0. The standard InChI is InChI=1S/C9H10N2O4/c1-5(12)8-10-3-7-4-14-9(11(7)8)15-6(2)13/h3,9H,4H2,1-2H3. The highest BCUT2D eigenvalue weighted by Crippen LogP contribution is 2.26. The average molecular weight is 210 g/mol. The fraction of sp³-hybridized carbons (Fsp3) is 0.444. The van der Waals surface area contributed by atoms with Crippen molar-refractivity contribution in [2.75, 3.05) is 0 Å². The first kappa shape index (κ1) is 9.85. The summed E-state index contributed by atoms with van der Waals surface area (Å²) in [5, 5.41) is 0. The number of ketones is 1. The minimum atomic E-state index is -0.862. The topological polar surface area (TPSA) is 70.4 Å². The molecule has 2 rings (SSSR count). The van der Waals surface area contributed by atoms with E-state index in [9.17, 15) is 9.59 Å². The Morgan fingerprint density at radius 2 is 2.33 bits per heavy atom. The Labute approximate surface area is 85.8 Å². The number of fused-ring (bicyclic) bond motifs is 1. The van der Waals surface area contributed by atoms with E-state index in [1.807, 2.05) is 0 Å². The first-order valence-electron chi connectivity index (χ1n) is 4.45. The first-order valence-corrected chi connectivity index (χ1v) is 4.45. The molecule has 0 fully saturated rings. The van der Waals surface area contributed by atoms with Gasteiger partial charge in [0.05, 0.1) is 18.5 Å². The second-order valence-corrected chi connectivity index (χ2v) is 3.23. The van der Waals surface area contributed by atoms with Gasteiger partial charge < -0.3 is 9.47 Å². The molecule has 0 amide bonds. The molecule has 6 nitrogen and oxygen atoms in total. The molecule has 1 unspecified atom stereocenters. The lowest BCUT2D eigenvalue weighted by molar-refractivity contribution is -0.191. The Bertz CT molecular complexity index is 424. The van der Waals surface area contributed by atoms with Gasteiger partial charge in [-0.05, 0) is 0 Å². The third-order valence-corrected chi connectivity index (χ3v) is 2.04. The lowest BCUT2D eigenvalue weighted by Gasteiger charge is -2.13. The van der Waals surface area contributed by atoms with Crippen LogP contribution in [-0.2, 0) is 20.9 Å². The maximum atomic E-state index is 11.2. The number of ether oxygens (including phenoxy) is 2. The molecule has 2 heterocycles. The number of aromatic nitrogens is 2. The van der Waals surface area contributed by atoms with Gasteiger partial charge in [0.1, 0.15) is 0 Å². The summed E-state index contributed by atoms with van der Waals surface area (Å²) < 4.78 is 11.6. The highest BCUT2D eigenvalue weighted by molar-refractivity contribution is 5.90. The van der Waals surface area contributed by atoms with E-state index in [-0.39, 0.29) is 18.2 Å². The highest BCUT2D eigenvalue weighted by Gasteiger charge is 2.29. The van der Waals surface area contributed by atoms with Gasteiger partial charge in [-0.15, -0.1) is 0 Å². The monoisotopic (exact) mass is 210 g/mol. The summed E-state index contributed by atoms with van der Waals surface area (Å²) in [5.74, 6) is -0.409. The van der Waals surface area contributed by atoms with Crippen molar-refractivity contribution in [3.63, 3.8) is 0 Å². The molecule has 6 heteroatoms. The maximum absolute atomic E-state index is 11.2. The zero-order valence-electron chi connectivity index (χ0n) is 8.39. The fourth-order valence-electron chi connectivity index (χ4n) is 1.46. The molecule has 0 aliphatic carbocycles. The smallest absolute Gasteiger partial charge is 0.306 e. The molecule has 0 N–H and O–H groups in total. The molecular weight excluding hydrogens is 200 g/mol. The van der Waals surface area contributed by atoms with Crippen LogP contribution in [0.15, 0.2) is 6.20 Å². The first-order chi connectivity index (χ1) is 7.09. The average Bonchev–Trinajstić information content (AvgIpc) is 2.66. The van der Waals surface area contributed by atoms with E-state index in [1.165, 1.54) is 18.4 Å². The number of rotatable bonds is 2. The van der Waals surface area contributed by atoms with Gasteiger partial charge in [-0.1, -0.05) is 0 Å². The fourth-order valence-corrected chi connectivity index (χ4v) is 1.46. The van der Waals surface area contributed by atoms with Crippen LogP contribution in [0.2, 0.25) is 0 Å². The second kappa shape index (κ2) is 3.47. The molecule has 0 radical (unpaired) electrons. The zero-order valence-corrected chi connectivity index (χ0v) is 8.39. The lowest BCUT2D eigenvalue weighted by atomic mass is 10.4. The van der Waals surface area contributed by atoms with Crippen molar-refractivity contribution in [1.82, 2.24) is 9.55 Å². The van der Waals surface area contributed by atoms with Gasteiger partial charge in [-0.3, -0.25) is 14.2 Å². The van der Waals surface area contributed by atoms with Crippen LogP contribution in [-0.4, -0.2) is 21.3 Å². The SMILES string of the molecule is CC(=O)OC1OCc2cnc(C(C)=O)n21. The van der Waals surface area contributed by atoms with Gasteiger partial charge in [0.15, 0.2) is 11.6 Å². The Kier molecular flexibility index (Phi) is 2.28. The number of carbonyl (C=O) groups is 2. The molecule has 0 spiro atoms. The van der Waals surface area contributed by atoms with Crippen LogP contribution in [0.4, 0.5) is 0 Å². The van der Waals surface area contributed by atoms with Crippen molar-refractivity contribution in [3.8, 4) is 0 Å². The largest absolute Gasteiger partial charge is 0.416 e. The summed E-state index contributed by atoms with van der Waals surface area (Å²) in [6.45, 7) is 2.97. The van der Waals surface area contributed by atoms with Gasteiger partial charge >= 0.3 is 5.97 Å². The molecule has 1 atom stereocenters. The van der Waals surface area contributed by atoms with E-state index in [1.54, 1.807) is 6.20 Å². The van der Waals surface area contributed by atoms with Gasteiger partial charge in [0, 0.05) is 13.8 Å². The van der Waals surface area contributed by atoms with E-state index < -0.39 is 12.4 Å². The van der Waals surface area contributed by atoms with Crippen LogP contribution < -0.4 is 0 Å². The van der Waals surface area contributed by atoms with Crippen LogP contribution in [0.1, 0.15) is 36.6 Å². The van der Waals surface area contributed by atoms with Crippen molar-refractivity contribution >= 4 is 11.8 Å². The number of nitrogens with zero attached hydrogens (tertiary/aromatic N) is 2. The summed E-state index contributed by atoms with van der Waals surface area (Å²) in [4.78, 5) is 25.9. The van der Waals surface area contributed by atoms with Crippen molar-refractivity contribution < 1.29 is 19.1 Å². The molecule has 0 saturated heterocycles. The predicted octanol–water partition coefficient (Wildman–Crippen LogP) is 0.635. The number of imidazole rings is 1. The third kappa shape index (κ3) is 1.63. The van der Waals surface area contributed by atoms with E-state index >= 15 is 0 Å². The maximum Gasteiger partial charge on any atom is 0.306 e. The number of carbonyl (C=O) groups excluding carboxylic acids is 2. The summed E-state index contributed by atoms with van der Waals surface area (Å²) in [6, 6.07) is 0.